The lowest BCUT2D eigenvalue weighted by Gasteiger charge is -2.11. The fourth-order valence-electron chi connectivity index (χ4n) is 3.20. The van der Waals surface area contributed by atoms with Gasteiger partial charge in [0.15, 0.2) is 0 Å². The molecule has 29 heavy (non-hydrogen) atoms. The minimum absolute atomic E-state index is 0.166. The van der Waals surface area contributed by atoms with Crippen molar-refractivity contribution in [2.24, 2.45) is 0 Å². The maximum atomic E-state index is 14.8. The second-order valence-corrected chi connectivity index (χ2v) is 7.31. The SMILES string of the molecule is CCOC(=O)c1cc(F)c(-n2ccc3cc(Nc4ccccc4)ccc32)cc1Br. The van der Waals surface area contributed by atoms with Gasteiger partial charge in [0.05, 0.1) is 23.4 Å². The van der Waals surface area contributed by atoms with Crippen molar-refractivity contribution in [1.29, 1.82) is 0 Å². The number of para-hydroxylation sites is 1. The quantitative estimate of drug-likeness (QED) is 0.353. The zero-order valence-corrected chi connectivity index (χ0v) is 17.2. The van der Waals surface area contributed by atoms with E-state index >= 15 is 0 Å². The summed E-state index contributed by atoms with van der Waals surface area (Å²) in [6.07, 6.45) is 1.81. The van der Waals surface area contributed by atoms with E-state index in [-0.39, 0.29) is 12.2 Å². The van der Waals surface area contributed by atoms with Crippen molar-refractivity contribution < 1.29 is 13.9 Å². The Kier molecular flexibility index (Phi) is 5.36. The molecule has 0 radical (unpaired) electrons. The highest BCUT2D eigenvalue weighted by Gasteiger charge is 2.17. The van der Waals surface area contributed by atoms with E-state index in [1.54, 1.807) is 17.6 Å². The van der Waals surface area contributed by atoms with Crippen LogP contribution in [0.4, 0.5) is 15.8 Å². The molecule has 1 heterocycles. The van der Waals surface area contributed by atoms with Crippen LogP contribution in [-0.2, 0) is 4.74 Å². The molecule has 146 valence electrons. The van der Waals surface area contributed by atoms with Gasteiger partial charge in [-0.3, -0.25) is 0 Å². The Balaban J connectivity index is 1.70. The lowest BCUT2D eigenvalue weighted by molar-refractivity contribution is 0.0524. The molecule has 0 saturated heterocycles. The number of hydrogen-bond donors (Lipinski definition) is 1. The standard InChI is InChI=1S/C23H18BrFN2O2/c1-2-29-23(28)18-13-20(25)22(14-19(18)24)27-11-10-15-12-17(8-9-21(15)27)26-16-6-4-3-5-7-16/h3-14,26H,2H2,1H3. The van der Waals surface area contributed by atoms with Gasteiger partial charge in [0.1, 0.15) is 5.82 Å². The van der Waals surface area contributed by atoms with Crippen molar-refractivity contribution in [3.8, 4) is 5.69 Å². The predicted octanol–water partition coefficient (Wildman–Crippen LogP) is 6.45. The first kappa shape index (κ1) is 19.2. The third kappa shape index (κ3) is 3.89. The molecule has 0 aliphatic carbocycles. The minimum Gasteiger partial charge on any atom is -0.462 e. The van der Waals surface area contributed by atoms with E-state index in [1.165, 1.54) is 6.07 Å². The molecule has 0 aliphatic rings. The first-order valence-electron chi connectivity index (χ1n) is 9.16. The van der Waals surface area contributed by atoms with Gasteiger partial charge in [-0.2, -0.15) is 0 Å². The van der Waals surface area contributed by atoms with Crippen molar-refractivity contribution >= 4 is 44.2 Å². The van der Waals surface area contributed by atoms with Gasteiger partial charge in [0.25, 0.3) is 0 Å². The Hall–Kier alpha value is -3.12. The van der Waals surface area contributed by atoms with Crippen LogP contribution in [0.5, 0.6) is 0 Å². The monoisotopic (exact) mass is 452 g/mol. The smallest absolute Gasteiger partial charge is 0.339 e. The number of hydrogen-bond acceptors (Lipinski definition) is 3. The van der Waals surface area contributed by atoms with E-state index in [2.05, 4.69) is 21.2 Å². The predicted molar refractivity (Wildman–Crippen MR) is 117 cm³/mol. The zero-order chi connectivity index (χ0) is 20.4. The Morgan fingerprint density at radius 2 is 1.86 bits per heavy atom. The van der Waals surface area contributed by atoms with E-state index in [9.17, 15) is 9.18 Å². The van der Waals surface area contributed by atoms with Crippen LogP contribution < -0.4 is 5.32 Å². The van der Waals surface area contributed by atoms with Crippen LogP contribution in [0.1, 0.15) is 17.3 Å². The van der Waals surface area contributed by atoms with Crippen molar-refractivity contribution in [2.45, 2.75) is 6.92 Å². The van der Waals surface area contributed by atoms with Gasteiger partial charge in [-0.15, -0.1) is 0 Å². The second-order valence-electron chi connectivity index (χ2n) is 6.45. The van der Waals surface area contributed by atoms with Crippen molar-refractivity contribution in [2.75, 3.05) is 11.9 Å². The maximum Gasteiger partial charge on any atom is 0.339 e. The maximum absolute atomic E-state index is 14.8. The highest BCUT2D eigenvalue weighted by Crippen LogP contribution is 2.30. The van der Waals surface area contributed by atoms with Crippen LogP contribution in [0.2, 0.25) is 0 Å². The summed E-state index contributed by atoms with van der Waals surface area (Å²) >= 11 is 3.36. The van der Waals surface area contributed by atoms with E-state index in [1.807, 2.05) is 60.8 Å². The van der Waals surface area contributed by atoms with Crippen molar-refractivity contribution in [3.63, 3.8) is 0 Å². The summed E-state index contributed by atoms with van der Waals surface area (Å²) in [6.45, 7) is 1.94. The normalized spacial score (nSPS) is 10.9. The van der Waals surface area contributed by atoms with Gasteiger partial charge in [-0.25, -0.2) is 9.18 Å². The lowest BCUT2D eigenvalue weighted by atomic mass is 10.2. The topological polar surface area (TPSA) is 43.3 Å². The number of fused-ring (bicyclic) bond motifs is 1. The average Bonchev–Trinajstić information content (AvgIpc) is 3.13. The van der Waals surface area contributed by atoms with Gasteiger partial charge < -0.3 is 14.6 Å². The first-order chi connectivity index (χ1) is 14.1. The number of nitrogens with one attached hydrogen (secondary N) is 1. The summed E-state index contributed by atoms with van der Waals surface area (Å²) in [5.74, 6) is -1.06. The number of nitrogens with zero attached hydrogens (tertiary/aromatic N) is 1. The molecule has 4 rings (SSSR count). The number of aromatic nitrogens is 1. The summed E-state index contributed by atoms with van der Waals surface area (Å²) < 4.78 is 22.0. The van der Waals surface area contributed by atoms with E-state index in [0.29, 0.717) is 10.2 Å². The number of rotatable bonds is 5. The molecule has 0 aliphatic heterocycles. The van der Waals surface area contributed by atoms with Crippen LogP contribution in [0.25, 0.3) is 16.6 Å². The molecular formula is C23H18BrFN2O2. The van der Waals surface area contributed by atoms with Gasteiger partial charge in [0, 0.05) is 27.4 Å². The molecule has 0 unspecified atom stereocenters. The van der Waals surface area contributed by atoms with Gasteiger partial charge >= 0.3 is 5.97 Å². The number of ether oxygens (including phenoxy) is 1. The van der Waals surface area contributed by atoms with Crippen LogP contribution in [-0.4, -0.2) is 17.1 Å². The zero-order valence-electron chi connectivity index (χ0n) is 15.7. The number of carbonyl (C=O) groups is 1. The molecule has 0 bridgehead atoms. The molecule has 1 N–H and O–H groups in total. The van der Waals surface area contributed by atoms with E-state index in [0.717, 1.165) is 22.3 Å². The largest absolute Gasteiger partial charge is 0.462 e. The van der Waals surface area contributed by atoms with Crippen LogP contribution in [0.3, 0.4) is 0 Å². The van der Waals surface area contributed by atoms with E-state index in [4.69, 9.17) is 4.74 Å². The van der Waals surface area contributed by atoms with Crippen LogP contribution >= 0.6 is 15.9 Å². The Morgan fingerprint density at radius 1 is 1.07 bits per heavy atom. The number of carbonyl (C=O) groups excluding carboxylic acids is 1. The summed E-state index contributed by atoms with van der Waals surface area (Å²) in [6, 6.07) is 20.5. The molecule has 4 nitrogen and oxygen atoms in total. The van der Waals surface area contributed by atoms with Crippen LogP contribution in [0, 0.1) is 5.82 Å². The Bertz CT molecular complexity index is 1190. The molecule has 0 saturated carbocycles. The molecule has 0 amide bonds. The number of anilines is 2. The fourth-order valence-corrected chi connectivity index (χ4v) is 3.70. The highest BCUT2D eigenvalue weighted by molar-refractivity contribution is 9.10. The number of halogens is 2. The van der Waals surface area contributed by atoms with E-state index < -0.39 is 11.8 Å². The molecule has 0 atom stereocenters. The lowest BCUT2D eigenvalue weighted by Crippen LogP contribution is -2.07. The Morgan fingerprint density at radius 3 is 2.62 bits per heavy atom. The second kappa shape index (κ2) is 8.09. The molecule has 4 aromatic rings. The third-order valence-electron chi connectivity index (χ3n) is 4.54. The molecule has 0 fully saturated rings. The van der Waals surface area contributed by atoms with Crippen molar-refractivity contribution in [3.05, 3.63) is 88.8 Å². The van der Waals surface area contributed by atoms with Gasteiger partial charge in [-0.05, 0) is 71.4 Å². The number of esters is 1. The summed E-state index contributed by atoms with van der Waals surface area (Å²) in [7, 11) is 0. The fraction of sp³-hybridized carbons (Fsp3) is 0.0870. The molecular weight excluding hydrogens is 435 g/mol. The first-order valence-corrected chi connectivity index (χ1v) is 9.96. The molecule has 6 heteroatoms. The minimum atomic E-state index is -0.557. The average molecular weight is 453 g/mol. The summed E-state index contributed by atoms with van der Waals surface area (Å²) in [5, 5.41) is 4.32. The molecule has 1 aromatic heterocycles. The third-order valence-corrected chi connectivity index (χ3v) is 5.20. The molecule has 3 aromatic carbocycles. The van der Waals surface area contributed by atoms with Crippen molar-refractivity contribution in [1.82, 2.24) is 4.57 Å². The highest BCUT2D eigenvalue weighted by atomic mass is 79.9. The van der Waals surface area contributed by atoms with Crippen LogP contribution in [0.15, 0.2) is 77.4 Å². The van der Waals surface area contributed by atoms with Gasteiger partial charge in [0.2, 0.25) is 0 Å². The molecule has 0 spiro atoms. The summed E-state index contributed by atoms with van der Waals surface area (Å²) in [4.78, 5) is 12.0. The Labute approximate surface area is 176 Å². The summed E-state index contributed by atoms with van der Waals surface area (Å²) in [5.41, 5.74) is 3.32. The number of benzene rings is 3. The van der Waals surface area contributed by atoms with Gasteiger partial charge in [-0.1, -0.05) is 18.2 Å².